The predicted octanol–water partition coefficient (Wildman–Crippen LogP) is 6.40. The molecule has 0 aliphatic carbocycles. The number of aromatic nitrogens is 2. The Labute approximate surface area is 212 Å². The molecule has 0 saturated heterocycles. The average molecular weight is 496 g/mol. The summed E-state index contributed by atoms with van der Waals surface area (Å²) in [5.74, 6) is -0.0230. The molecule has 2 aromatic carbocycles. The summed E-state index contributed by atoms with van der Waals surface area (Å²) in [5, 5.41) is 18.7. The summed E-state index contributed by atoms with van der Waals surface area (Å²) in [6, 6.07) is 11.4. The molecule has 0 fully saturated rings. The number of H-pyrrole nitrogens is 1. The Hall–Kier alpha value is -2.83. The van der Waals surface area contributed by atoms with Crippen LogP contribution in [0.25, 0.3) is 11.3 Å². The molecular weight excluding hydrogens is 462 g/mol. The lowest BCUT2D eigenvalue weighted by Gasteiger charge is -2.27. The number of hydrogen-bond acceptors (Lipinski definition) is 4. The van der Waals surface area contributed by atoms with E-state index in [2.05, 4.69) is 55.2 Å². The molecule has 1 unspecified atom stereocenters. The van der Waals surface area contributed by atoms with Gasteiger partial charge in [-0.15, -0.1) is 0 Å². The highest BCUT2D eigenvalue weighted by Gasteiger charge is 2.42. The third-order valence-electron chi connectivity index (χ3n) is 6.48. The first-order valence-electron chi connectivity index (χ1n) is 12.1. The van der Waals surface area contributed by atoms with Crippen LogP contribution >= 0.6 is 11.6 Å². The zero-order valence-corrected chi connectivity index (χ0v) is 22.0. The lowest BCUT2D eigenvalue weighted by Crippen LogP contribution is -2.31. The number of aromatic amines is 1. The lowest BCUT2D eigenvalue weighted by atomic mass is 9.85. The number of halogens is 1. The van der Waals surface area contributed by atoms with Gasteiger partial charge in [0, 0.05) is 29.3 Å². The summed E-state index contributed by atoms with van der Waals surface area (Å²) in [5.41, 5.74) is 5.27. The van der Waals surface area contributed by atoms with Crippen LogP contribution in [0.3, 0.4) is 0 Å². The van der Waals surface area contributed by atoms with Gasteiger partial charge >= 0.3 is 0 Å². The molecule has 3 aromatic rings. The van der Waals surface area contributed by atoms with Gasteiger partial charge in [0.1, 0.15) is 17.1 Å². The van der Waals surface area contributed by atoms with Crippen LogP contribution in [-0.4, -0.2) is 45.4 Å². The van der Waals surface area contributed by atoms with Crippen LogP contribution in [0.4, 0.5) is 0 Å². The van der Waals surface area contributed by atoms with Gasteiger partial charge in [0.2, 0.25) is 0 Å². The summed E-state index contributed by atoms with van der Waals surface area (Å²) in [4.78, 5) is 15.4. The molecule has 4 rings (SSSR count). The second-order valence-electron chi connectivity index (χ2n) is 10.5. The van der Waals surface area contributed by atoms with Crippen LogP contribution in [-0.2, 0) is 10.2 Å². The molecule has 1 aliphatic rings. The number of carbonyl (C=O) groups is 1. The number of rotatable bonds is 7. The van der Waals surface area contributed by atoms with Crippen molar-refractivity contribution in [3.63, 3.8) is 0 Å². The van der Waals surface area contributed by atoms with E-state index in [1.54, 1.807) is 12.1 Å². The van der Waals surface area contributed by atoms with E-state index in [0.29, 0.717) is 35.1 Å². The van der Waals surface area contributed by atoms with Crippen molar-refractivity contribution in [2.45, 2.75) is 65.5 Å². The van der Waals surface area contributed by atoms with Gasteiger partial charge in [0.05, 0.1) is 12.1 Å². The quantitative estimate of drug-likeness (QED) is 0.371. The van der Waals surface area contributed by atoms with Gasteiger partial charge in [-0.3, -0.25) is 9.89 Å². The lowest BCUT2D eigenvalue weighted by molar-refractivity contribution is 0.0601. The number of aromatic hydroxyl groups is 1. The van der Waals surface area contributed by atoms with Crippen molar-refractivity contribution in [3.05, 3.63) is 69.4 Å². The van der Waals surface area contributed by atoms with E-state index in [4.69, 9.17) is 16.3 Å². The SMILES string of the molecule is Cc1cc(O)c(-c2n[nH]c3c2C(c2ccc(C(C)(C)C)cc2)N(CCCOC(C)C)C3=O)cc1Cl. The van der Waals surface area contributed by atoms with Crippen LogP contribution in [0.15, 0.2) is 36.4 Å². The minimum atomic E-state index is -0.334. The Balaban J connectivity index is 1.79. The Morgan fingerprint density at radius 3 is 2.51 bits per heavy atom. The summed E-state index contributed by atoms with van der Waals surface area (Å²) >= 11 is 6.39. The normalized spacial score (nSPS) is 15.8. The van der Waals surface area contributed by atoms with Crippen LogP contribution in [0.1, 0.15) is 79.8 Å². The molecule has 1 atom stereocenters. The second-order valence-corrected chi connectivity index (χ2v) is 10.9. The highest BCUT2D eigenvalue weighted by Crippen LogP contribution is 2.45. The predicted molar refractivity (Wildman–Crippen MR) is 139 cm³/mol. The van der Waals surface area contributed by atoms with E-state index < -0.39 is 0 Å². The molecule has 0 bridgehead atoms. The first-order chi connectivity index (χ1) is 16.5. The van der Waals surface area contributed by atoms with Crippen LogP contribution in [0.2, 0.25) is 5.02 Å². The Morgan fingerprint density at radius 1 is 1.20 bits per heavy atom. The van der Waals surface area contributed by atoms with Crippen molar-refractivity contribution in [2.75, 3.05) is 13.2 Å². The van der Waals surface area contributed by atoms with Gasteiger partial charge < -0.3 is 14.7 Å². The molecule has 2 heterocycles. The second kappa shape index (κ2) is 9.67. The first-order valence-corrected chi connectivity index (χ1v) is 12.5. The fourth-order valence-corrected chi connectivity index (χ4v) is 4.72. The largest absolute Gasteiger partial charge is 0.507 e. The van der Waals surface area contributed by atoms with E-state index in [9.17, 15) is 9.90 Å². The number of fused-ring (bicyclic) bond motifs is 1. The highest BCUT2D eigenvalue weighted by molar-refractivity contribution is 6.31. The zero-order chi connectivity index (χ0) is 25.5. The fraction of sp³-hybridized carbons (Fsp3) is 0.429. The number of aryl methyl sites for hydroxylation is 1. The molecule has 1 aliphatic heterocycles. The maximum absolute atomic E-state index is 13.5. The van der Waals surface area contributed by atoms with Crippen molar-refractivity contribution < 1.29 is 14.6 Å². The summed E-state index contributed by atoms with van der Waals surface area (Å²) in [6.07, 6.45) is 0.859. The molecule has 2 N–H and O–H groups in total. The molecule has 1 amide bonds. The van der Waals surface area contributed by atoms with Gasteiger partial charge in [-0.05, 0) is 61.4 Å². The van der Waals surface area contributed by atoms with Crippen LogP contribution in [0, 0.1) is 6.92 Å². The van der Waals surface area contributed by atoms with Gasteiger partial charge in [-0.1, -0.05) is 56.6 Å². The van der Waals surface area contributed by atoms with Crippen molar-refractivity contribution in [2.24, 2.45) is 0 Å². The van der Waals surface area contributed by atoms with Crippen molar-refractivity contribution in [3.8, 4) is 17.0 Å². The van der Waals surface area contributed by atoms with E-state index >= 15 is 0 Å². The zero-order valence-electron chi connectivity index (χ0n) is 21.3. The molecule has 7 heteroatoms. The molecule has 186 valence electrons. The number of phenolic OH excluding ortho intramolecular Hbond substituents is 1. The minimum absolute atomic E-state index is 0.0221. The number of ether oxygens (including phenoxy) is 1. The number of hydrogen-bond donors (Lipinski definition) is 2. The van der Waals surface area contributed by atoms with Gasteiger partial charge in [-0.2, -0.15) is 5.10 Å². The third-order valence-corrected chi connectivity index (χ3v) is 6.89. The smallest absolute Gasteiger partial charge is 0.273 e. The van der Waals surface area contributed by atoms with Crippen molar-refractivity contribution in [1.29, 1.82) is 0 Å². The number of nitrogens with zero attached hydrogens (tertiary/aromatic N) is 2. The monoisotopic (exact) mass is 495 g/mol. The Kier molecular flexibility index (Phi) is 6.98. The summed E-state index contributed by atoms with van der Waals surface area (Å²) in [7, 11) is 0. The van der Waals surface area contributed by atoms with Gasteiger partial charge in [-0.25, -0.2) is 0 Å². The molecule has 6 nitrogen and oxygen atoms in total. The minimum Gasteiger partial charge on any atom is -0.507 e. The Bertz CT molecular complexity index is 1230. The van der Waals surface area contributed by atoms with Crippen LogP contribution in [0.5, 0.6) is 5.75 Å². The van der Waals surface area contributed by atoms with Crippen molar-refractivity contribution >= 4 is 17.5 Å². The van der Waals surface area contributed by atoms with E-state index in [1.165, 1.54) is 5.56 Å². The number of phenols is 1. The topological polar surface area (TPSA) is 78.5 Å². The molecule has 0 spiro atoms. The highest BCUT2D eigenvalue weighted by atomic mass is 35.5. The third kappa shape index (κ3) is 4.95. The molecule has 0 saturated carbocycles. The van der Waals surface area contributed by atoms with Crippen molar-refractivity contribution in [1.82, 2.24) is 15.1 Å². The van der Waals surface area contributed by atoms with Gasteiger partial charge in [0.15, 0.2) is 0 Å². The standard InChI is InChI=1S/C28H34ClN3O3/c1-16(2)35-13-7-12-32-26(18-8-10-19(11-9-18)28(4,5)6)23-24(30-31-25(23)27(32)34)20-15-21(29)17(3)14-22(20)33/h8-11,14-16,26,33H,7,12-13H2,1-6H3,(H,30,31). The van der Waals surface area contributed by atoms with E-state index in [1.807, 2.05) is 25.7 Å². The molecular formula is C28H34ClN3O3. The Morgan fingerprint density at radius 2 is 1.89 bits per heavy atom. The first kappa shape index (κ1) is 25.3. The fourth-order valence-electron chi connectivity index (χ4n) is 4.55. The number of nitrogens with one attached hydrogen (secondary N) is 1. The number of amides is 1. The van der Waals surface area contributed by atoms with E-state index in [0.717, 1.165) is 23.1 Å². The maximum atomic E-state index is 13.5. The molecule has 0 radical (unpaired) electrons. The van der Waals surface area contributed by atoms with Gasteiger partial charge in [0.25, 0.3) is 5.91 Å². The molecule has 35 heavy (non-hydrogen) atoms. The molecule has 1 aromatic heterocycles. The average Bonchev–Trinajstić information content (AvgIpc) is 3.32. The van der Waals surface area contributed by atoms with Crippen LogP contribution < -0.4 is 0 Å². The number of benzene rings is 2. The van der Waals surface area contributed by atoms with E-state index in [-0.39, 0.29) is 29.2 Å². The maximum Gasteiger partial charge on any atom is 0.273 e. The number of carbonyl (C=O) groups excluding carboxylic acids is 1. The summed E-state index contributed by atoms with van der Waals surface area (Å²) in [6.45, 7) is 13.5. The summed E-state index contributed by atoms with van der Waals surface area (Å²) < 4.78 is 5.72.